The van der Waals surface area contributed by atoms with Crippen molar-refractivity contribution in [1.82, 2.24) is 16.0 Å². The van der Waals surface area contributed by atoms with Crippen molar-refractivity contribution in [3.63, 3.8) is 0 Å². The van der Waals surface area contributed by atoms with Crippen LogP contribution in [0.25, 0.3) is 0 Å². The molecule has 4 atom stereocenters. The number of ether oxygens (including phenoxy) is 2. The second-order valence-electron chi connectivity index (χ2n) is 13.8. The fourth-order valence-corrected chi connectivity index (χ4v) is 6.86. The van der Waals surface area contributed by atoms with Crippen LogP contribution in [0.5, 0.6) is 5.75 Å². The second-order valence-corrected chi connectivity index (χ2v) is 16.3. The third kappa shape index (κ3) is 11.4. The molecule has 0 saturated heterocycles. The molecule has 0 spiro atoms. The van der Waals surface area contributed by atoms with Crippen molar-refractivity contribution in [2.45, 2.75) is 83.0 Å². The molecule has 286 valence electrons. The highest BCUT2D eigenvalue weighted by Gasteiger charge is 2.33. The first-order valence-corrected chi connectivity index (χ1v) is 19.3. The summed E-state index contributed by atoms with van der Waals surface area (Å²) < 4.78 is 38.9. The molecule has 3 amide bonds. The number of anilines is 1. The Morgan fingerprint density at radius 3 is 2.32 bits per heavy atom. The minimum Gasteiger partial charge on any atom is -0.491 e. The van der Waals surface area contributed by atoms with Crippen molar-refractivity contribution in [3.8, 4) is 5.75 Å². The Morgan fingerprint density at radius 1 is 0.962 bits per heavy atom. The standard InChI is InChI=1S/C40H52N4O8S/c1-26(2)37(40(48)41-24-29-14-8-7-9-15-29)43-39(47)36(51-6)23-35(45)34-25-52-33-18-12-17-28(21-33)13-10-11-16-30-19-31(38(46)42-34)22-32(20-30)44(5)53(49,50)27(3)4/h7-12,14-15,17-22,26-27,34-37,45H,13,16,23-25H2,1-6H3,(H,41,48)(H,42,46)(H,43,47)/b11-10+/t34-,35-,36+,37?/m0/s1. The molecule has 1 aliphatic rings. The normalized spacial score (nSPS) is 17.3. The molecule has 0 saturated carbocycles. The number of carbonyl (C=O) groups is 3. The second kappa shape index (κ2) is 18.9. The van der Waals surface area contributed by atoms with E-state index in [1.807, 2.05) is 74.5 Å². The summed E-state index contributed by atoms with van der Waals surface area (Å²) >= 11 is 0. The number of benzene rings is 3. The number of allylic oxidation sites excluding steroid dienone is 2. The minimum atomic E-state index is -3.70. The van der Waals surface area contributed by atoms with Crippen LogP contribution in [0.1, 0.15) is 61.2 Å². The van der Waals surface area contributed by atoms with Gasteiger partial charge in [-0.25, -0.2) is 8.42 Å². The van der Waals surface area contributed by atoms with Crippen LogP contribution in [-0.2, 0) is 43.7 Å². The SMILES string of the molecule is CO[C@H](C[C@H](O)[C@@H]1COc2cccc(c2)C/C=C/Cc2cc(cc(N(C)S(=O)(=O)C(C)C)c2)C(=O)N1)C(=O)NC(C(=O)NCc1ccccc1)C(C)C. The van der Waals surface area contributed by atoms with Crippen molar-refractivity contribution in [2.24, 2.45) is 5.92 Å². The molecule has 13 heteroatoms. The van der Waals surface area contributed by atoms with Crippen molar-refractivity contribution in [2.75, 3.05) is 25.1 Å². The molecule has 4 rings (SSSR count). The molecule has 53 heavy (non-hydrogen) atoms. The summed E-state index contributed by atoms with van der Waals surface area (Å²) in [7, 11) is -0.917. The molecule has 3 aromatic rings. The molecule has 1 heterocycles. The number of hydrogen-bond acceptors (Lipinski definition) is 8. The Balaban J connectivity index is 1.58. The Bertz CT molecular complexity index is 1850. The van der Waals surface area contributed by atoms with Crippen molar-refractivity contribution >= 4 is 33.4 Å². The molecule has 12 nitrogen and oxygen atoms in total. The number of carbonyl (C=O) groups excluding carboxylic acids is 3. The maximum Gasteiger partial charge on any atom is 0.251 e. The molecule has 0 radical (unpaired) electrons. The van der Waals surface area contributed by atoms with Crippen LogP contribution >= 0.6 is 0 Å². The lowest BCUT2D eigenvalue weighted by molar-refractivity contribution is -0.137. The van der Waals surface area contributed by atoms with Gasteiger partial charge in [-0.05, 0) is 79.6 Å². The van der Waals surface area contributed by atoms with E-state index in [0.29, 0.717) is 30.8 Å². The summed E-state index contributed by atoms with van der Waals surface area (Å²) in [6, 6.07) is 19.9. The first-order valence-electron chi connectivity index (χ1n) is 17.8. The van der Waals surface area contributed by atoms with Gasteiger partial charge in [-0.15, -0.1) is 0 Å². The molecular weight excluding hydrogens is 697 g/mol. The van der Waals surface area contributed by atoms with Crippen molar-refractivity contribution in [3.05, 3.63) is 107 Å². The Labute approximate surface area is 313 Å². The summed E-state index contributed by atoms with van der Waals surface area (Å²) in [5.41, 5.74) is 3.12. The lowest BCUT2D eigenvalue weighted by Crippen LogP contribution is -2.54. The molecule has 0 fully saturated rings. The van der Waals surface area contributed by atoms with Crippen LogP contribution in [0.4, 0.5) is 5.69 Å². The minimum absolute atomic E-state index is 0.158. The number of aliphatic hydroxyl groups excluding tert-OH is 1. The van der Waals surface area contributed by atoms with Crippen LogP contribution in [0.2, 0.25) is 0 Å². The van der Waals surface area contributed by atoms with Gasteiger partial charge in [-0.3, -0.25) is 18.7 Å². The van der Waals surface area contributed by atoms with Gasteiger partial charge < -0.3 is 30.5 Å². The monoisotopic (exact) mass is 748 g/mol. The van der Waals surface area contributed by atoms with Gasteiger partial charge in [0.05, 0.1) is 23.1 Å². The van der Waals surface area contributed by atoms with Gasteiger partial charge in [-0.1, -0.05) is 68.5 Å². The number of sulfonamides is 1. The van der Waals surface area contributed by atoms with Crippen LogP contribution in [0, 0.1) is 5.92 Å². The molecule has 0 aliphatic carbocycles. The number of amides is 3. The van der Waals surface area contributed by atoms with Gasteiger partial charge in [0.15, 0.2) is 0 Å². The lowest BCUT2D eigenvalue weighted by Gasteiger charge is -2.29. The largest absolute Gasteiger partial charge is 0.491 e. The zero-order chi connectivity index (χ0) is 38.7. The van der Waals surface area contributed by atoms with E-state index >= 15 is 0 Å². The van der Waals surface area contributed by atoms with Gasteiger partial charge in [0.1, 0.15) is 24.5 Å². The quantitative estimate of drug-likeness (QED) is 0.191. The summed E-state index contributed by atoms with van der Waals surface area (Å²) in [6.45, 7) is 6.94. The highest BCUT2D eigenvalue weighted by molar-refractivity contribution is 7.93. The summed E-state index contributed by atoms with van der Waals surface area (Å²) in [4.78, 5) is 40.6. The number of rotatable bonds is 13. The van der Waals surface area contributed by atoms with Crippen LogP contribution in [0.3, 0.4) is 0 Å². The fraction of sp³-hybridized carbons (Fsp3) is 0.425. The first-order chi connectivity index (χ1) is 25.2. The predicted molar refractivity (Wildman–Crippen MR) is 205 cm³/mol. The number of nitrogens with one attached hydrogen (secondary N) is 3. The number of nitrogens with zero attached hydrogens (tertiary/aromatic N) is 1. The zero-order valence-corrected chi connectivity index (χ0v) is 32.1. The maximum absolute atomic E-state index is 13.9. The average molecular weight is 749 g/mol. The van der Waals surface area contributed by atoms with E-state index in [9.17, 15) is 27.9 Å². The van der Waals surface area contributed by atoms with E-state index in [-0.39, 0.29) is 30.4 Å². The number of fused-ring (bicyclic) bond motifs is 4. The first kappa shape index (κ1) is 41.0. The van der Waals surface area contributed by atoms with E-state index in [4.69, 9.17) is 9.47 Å². The summed E-state index contributed by atoms with van der Waals surface area (Å²) in [6.07, 6.45) is 2.26. The van der Waals surface area contributed by atoms with Gasteiger partial charge in [-0.2, -0.15) is 0 Å². The number of hydrogen-bond donors (Lipinski definition) is 4. The average Bonchev–Trinajstić information content (AvgIpc) is 3.14. The molecule has 1 unspecified atom stereocenters. The molecule has 4 bridgehead atoms. The third-order valence-corrected chi connectivity index (χ3v) is 11.3. The smallest absolute Gasteiger partial charge is 0.251 e. The van der Waals surface area contributed by atoms with Gasteiger partial charge in [0.25, 0.3) is 5.91 Å². The number of methoxy groups -OCH3 is 1. The van der Waals surface area contributed by atoms with Crippen molar-refractivity contribution in [1.29, 1.82) is 0 Å². The zero-order valence-electron chi connectivity index (χ0n) is 31.2. The van der Waals surface area contributed by atoms with E-state index in [1.165, 1.54) is 24.5 Å². The van der Waals surface area contributed by atoms with Crippen LogP contribution in [0.15, 0.2) is 84.9 Å². The van der Waals surface area contributed by atoms with Crippen LogP contribution in [-0.4, -0.2) is 81.6 Å². The van der Waals surface area contributed by atoms with Crippen LogP contribution < -0.4 is 25.0 Å². The molecular formula is C40H52N4O8S. The van der Waals surface area contributed by atoms with E-state index in [1.54, 1.807) is 32.0 Å². The molecule has 4 N–H and O–H groups in total. The van der Waals surface area contributed by atoms with Gasteiger partial charge >= 0.3 is 0 Å². The topological polar surface area (TPSA) is 163 Å². The van der Waals surface area contributed by atoms with E-state index < -0.39 is 51.4 Å². The Hall–Kier alpha value is -4.72. The Morgan fingerprint density at radius 2 is 1.66 bits per heavy atom. The predicted octanol–water partition coefficient (Wildman–Crippen LogP) is 3.92. The highest BCUT2D eigenvalue weighted by Crippen LogP contribution is 2.24. The third-order valence-electron chi connectivity index (χ3n) is 9.15. The summed E-state index contributed by atoms with van der Waals surface area (Å²) in [5.74, 6) is -1.26. The fourth-order valence-electron chi connectivity index (χ4n) is 5.83. The maximum atomic E-state index is 13.9. The number of aliphatic hydroxyl groups is 1. The molecule has 0 aromatic heterocycles. The van der Waals surface area contributed by atoms with E-state index in [2.05, 4.69) is 16.0 Å². The van der Waals surface area contributed by atoms with E-state index in [0.717, 1.165) is 16.7 Å². The van der Waals surface area contributed by atoms with Crippen molar-refractivity contribution < 1.29 is 37.4 Å². The molecule has 3 aromatic carbocycles. The highest BCUT2D eigenvalue weighted by atomic mass is 32.2. The summed E-state index contributed by atoms with van der Waals surface area (Å²) in [5, 5.41) is 19.4. The van der Waals surface area contributed by atoms with Gasteiger partial charge in [0, 0.05) is 32.7 Å². The lowest BCUT2D eigenvalue weighted by atomic mass is 10.00. The van der Waals surface area contributed by atoms with Gasteiger partial charge in [0.2, 0.25) is 21.8 Å². The molecule has 1 aliphatic heterocycles. The Kier molecular flexibility index (Phi) is 14.6.